The smallest absolute Gasteiger partial charge is 0.236 e. The van der Waals surface area contributed by atoms with Crippen molar-refractivity contribution in [2.45, 2.75) is 19.4 Å². The number of methoxy groups -OCH3 is 2. The Morgan fingerprint density at radius 3 is 2.52 bits per heavy atom. The zero-order chi connectivity index (χ0) is 16.9. The highest BCUT2D eigenvalue weighted by Crippen LogP contribution is 2.33. The quantitative estimate of drug-likeness (QED) is 0.867. The van der Waals surface area contributed by atoms with Gasteiger partial charge in [0.15, 0.2) is 11.5 Å². The van der Waals surface area contributed by atoms with Crippen LogP contribution in [0.4, 0.5) is 0 Å². The van der Waals surface area contributed by atoms with Crippen molar-refractivity contribution < 1.29 is 14.3 Å². The summed E-state index contributed by atoms with van der Waals surface area (Å²) < 4.78 is 10.8. The van der Waals surface area contributed by atoms with E-state index in [1.807, 2.05) is 11.0 Å². The number of benzene rings is 1. The number of carbonyl (C=O) groups is 1. The SMILES string of the molecule is COc1cc2c(cc1OC)CN(CC(=O)N1CCCNCC1)CC2.Cl. The summed E-state index contributed by atoms with van der Waals surface area (Å²) in [6.45, 7) is 5.76. The fourth-order valence-corrected chi connectivity index (χ4v) is 3.46. The van der Waals surface area contributed by atoms with Crippen LogP contribution in [0, 0.1) is 0 Å². The Morgan fingerprint density at radius 1 is 1.08 bits per heavy atom. The maximum absolute atomic E-state index is 12.6. The second-order valence-corrected chi connectivity index (χ2v) is 6.42. The molecule has 1 amide bonds. The minimum Gasteiger partial charge on any atom is -0.493 e. The van der Waals surface area contributed by atoms with E-state index < -0.39 is 0 Å². The van der Waals surface area contributed by atoms with Crippen LogP contribution in [-0.4, -0.2) is 69.2 Å². The number of hydrogen-bond acceptors (Lipinski definition) is 5. The molecule has 0 spiro atoms. The molecule has 1 aromatic carbocycles. The summed E-state index contributed by atoms with van der Waals surface area (Å²) in [6, 6.07) is 4.11. The first-order chi connectivity index (χ1) is 11.7. The molecular weight excluding hydrogens is 342 g/mol. The average Bonchev–Trinajstić information content (AvgIpc) is 2.89. The van der Waals surface area contributed by atoms with Crippen LogP contribution in [0.15, 0.2) is 12.1 Å². The van der Waals surface area contributed by atoms with Crippen LogP contribution < -0.4 is 14.8 Å². The number of carbonyl (C=O) groups excluding carboxylic acids is 1. The zero-order valence-electron chi connectivity index (χ0n) is 15.0. The summed E-state index contributed by atoms with van der Waals surface area (Å²) in [7, 11) is 3.32. The number of fused-ring (bicyclic) bond motifs is 1. The third-order valence-electron chi connectivity index (χ3n) is 4.85. The van der Waals surface area contributed by atoms with Crippen molar-refractivity contribution in [1.82, 2.24) is 15.1 Å². The van der Waals surface area contributed by atoms with Gasteiger partial charge in [0.25, 0.3) is 0 Å². The minimum absolute atomic E-state index is 0. The fraction of sp³-hybridized carbons (Fsp3) is 0.611. The highest BCUT2D eigenvalue weighted by Gasteiger charge is 2.23. The van der Waals surface area contributed by atoms with Gasteiger partial charge in [0, 0.05) is 32.7 Å². The number of halogens is 1. The number of ether oxygens (including phenoxy) is 2. The second kappa shape index (κ2) is 9.27. The number of hydrogen-bond donors (Lipinski definition) is 1. The molecule has 140 valence electrons. The minimum atomic E-state index is 0. The summed E-state index contributed by atoms with van der Waals surface area (Å²) in [6.07, 6.45) is 1.97. The first kappa shape index (κ1) is 19.8. The molecule has 0 bridgehead atoms. The molecule has 2 aliphatic rings. The van der Waals surface area contributed by atoms with Gasteiger partial charge < -0.3 is 19.7 Å². The third kappa shape index (κ3) is 4.77. The summed E-state index contributed by atoms with van der Waals surface area (Å²) in [4.78, 5) is 16.8. The number of rotatable bonds is 4. The Morgan fingerprint density at radius 2 is 1.80 bits per heavy atom. The molecule has 0 saturated carbocycles. The Kier molecular flexibility index (Phi) is 7.35. The molecule has 0 radical (unpaired) electrons. The van der Waals surface area contributed by atoms with E-state index in [-0.39, 0.29) is 18.3 Å². The predicted octanol–water partition coefficient (Wildman–Crippen LogP) is 1.31. The van der Waals surface area contributed by atoms with Gasteiger partial charge in [-0.2, -0.15) is 0 Å². The molecule has 25 heavy (non-hydrogen) atoms. The van der Waals surface area contributed by atoms with Gasteiger partial charge >= 0.3 is 0 Å². The van der Waals surface area contributed by atoms with Crippen LogP contribution in [0.2, 0.25) is 0 Å². The van der Waals surface area contributed by atoms with Gasteiger partial charge in [-0.1, -0.05) is 0 Å². The zero-order valence-corrected chi connectivity index (χ0v) is 15.9. The standard InChI is InChI=1S/C18H27N3O3.ClH/c1-23-16-10-14-4-8-20(12-15(14)11-17(16)24-2)13-18(22)21-7-3-5-19-6-9-21;/h10-11,19H,3-9,12-13H2,1-2H3;1H. The van der Waals surface area contributed by atoms with E-state index in [4.69, 9.17) is 9.47 Å². The van der Waals surface area contributed by atoms with E-state index in [9.17, 15) is 4.79 Å². The van der Waals surface area contributed by atoms with E-state index in [1.54, 1.807) is 14.2 Å². The molecule has 0 atom stereocenters. The van der Waals surface area contributed by atoms with E-state index in [0.29, 0.717) is 6.54 Å². The lowest BCUT2D eigenvalue weighted by atomic mass is 9.99. The molecule has 3 rings (SSSR count). The first-order valence-corrected chi connectivity index (χ1v) is 8.66. The molecule has 2 heterocycles. The molecule has 1 saturated heterocycles. The van der Waals surface area contributed by atoms with Crippen molar-refractivity contribution in [3.8, 4) is 11.5 Å². The largest absolute Gasteiger partial charge is 0.493 e. The molecule has 2 aliphatic heterocycles. The third-order valence-corrected chi connectivity index (χ3v) is 4.85. The van der Waals surface area contributed by atoms with Gasteiger partial charge in [0.1, 0.15) is 0 Å². The number of nitrogens with one attached hydrogen (secondary N) is 1. The van der Waals surface area contributed by atoms with Gasteiger partial charge in [0.05, 0.1) is 20.8 Å². The van der Waals surface area contributed by atoms with E-state index in [2.05, 4.69) is 16.3 Å². The molecule has 7 heteroatoms. The van der Waals surface area contributed by atoms with Crippen molar-refractivity contribution in [2.75, 3.05) is 53.5 Å². The van der Waals surface area contributed by atoms with Gasteiger partial charge in [-0.25, -0.2) is 0 Å². The normalized spacial score (nSPS) is 17.9. The van der Waals surface area contributed by atoms with E-state index in [1.165, 1.54) is 11.1 Å². The molecule has 1 fully saturated rings. The van der Waals surface area contributed by atoms with E-state index >= 15 is 0 Å². The average molecular weight is 370 g/mol. The molecule has 1 aromatic rings. The second-order valence-electron chi connectivity index (χ2n) is 6.42. The molecule has 6 nitrogen and oxygen atoms in total. The Hall–Kier alpha value is -1.50. The van der Waals surface area contributed by atoms with Crippen LogP contribution in [0.1, 0.15) is 17.5 Å². The van der Waals surface area contributed by atoms with Crippen LogP contribution in [0.25, 0.3) is 0 Å². The summed E-state index contributed by atoms with van der Waals surface area (Å²) in [5.74, 6) is 1.77. The van der Waals surface area contributed by atoms with Crippen LogP contribution in [0.3, 0.4) is 0 Å². The first-order valence-electron chi connectivity index (χ1n) is 8.66. The van der Waals surface area contributed by atoms with Crippen molar-refractivity contribution in [1.29, 1.82) is 0 Å². The predicted molar refractivity (Wildman–Crippen MR) is 99.8 cm³/mol. The van der Waals surface area contributed by atoms with Crippen molar-refractivity contribution in [3.05, 3.63) is 23.3 Å². The Bertz CT molecular complexity index is 589. The topological polar surface area (TPSA) is 54.0 Å². The Balaban J connectivity index is 0.00000225. The van der Waals surface area contributed by atoms with Crippen molar-refractivity contribution >= 4 is 18.3 Å². The van der Waals surface area contributed by atoms with Gasteiger partial charge in [0.2, 0.25) is 5.91 Å². The summed E-state index contributed by atoms with van der Waals surface area (Å²) >= 11 is 0. The van der Waals surface area contributed by atoms with Gasteiger partial charge in [-0.15, -0.1) is 12.4 Å². The van der Waals surface area contributed by atoms with Crippen LogP contribution in [0.5, 0.6) is 11.5 Å². The highest BCUT2D eigenvalue weighted by atomic mass is 35.5. The Labute approximate surface area is 155 Å². The monoisotopic (exact) mass is 369 g/mol. The molecule has 0 aromatic heterocycles. The maximum atomic E-state index is 12.6. The summed E-state index contributed by atoms with van der Waals surface area (Å²) in [5.41, 5.74) is 2.51. The lowest BCUT2D eigenvalue weighted by Gasteiger charge is -2.31. The fourth-order valence-electron chi connectivity index (χ4n) is 3.46. The van der Waals surface area contributed by atoms with Gasteiger partial charge in [-0.3, -0.25) is 9.69 Å². The lowest BCUT2D eigenvalue weighted by molar-refractivity contribution is -0.132. The van der Waals surface area contributed by atoms with Crippen molar-refractivity contribution in [2.24, 2.45) is 0 Å². The van der Waals surface area contributed by atoms with Crippen LogP contribution in [-0.2, 0) is 17.8 Å². The van der Waals surface area contributed by atoms with Crippen LogP contribution >= 0.6 is 12.4 Å². The van der Waals surface area contributed by atoms with Crippen molar-refractivity contribution in [3.63, 3.8) is 0 Å². The number of nitrogens with zero attached hydrogens (tertiary/aromatic N) is 2. The molecule has 0 unspecified atom stereocenters. The summed E-state index contributed by atoms with van der Waals surface area (Å²) in [5, 5.41) is 3.34. The maximum Gasteiger partial charge on any atom is 0.236 e. The molecular formula is C18H28ClN3O3. The highest BCUT2D eigenvalue weighted by molar-refractivity contribution is 5.85. The molecule has 0 aliphatic carbocycles. The van der Waals surface area contributed by atoms with E-state index in [0.717, 1.165) is 63.6 Å². The van der Waals surface area contributed by atoms with Gasteiger partial charge in [-0.05, 0) is 42.6 Å². The number of amides is 1. The molecule has 1 N–H and O–H groups in total. The lowest BCUT2D eigenvalue weighted by Crippen LogP contribution is -2.43.